The standard InChI is InChI=1S/C14H29N3O2/c1-3-7-16-14(15-4-2)17-8-5-9-18-11-13-6-10-19-12-13/h13H,3-12H2,1-2H3,(H2,15,16,17). The largest absolute Gasteiger partial charge is 0.381 e. The molecule has 1 aliphatic rings. The maximum Gasteiger partial charge on any atom is 0.191 e. The Hall–Kier alpha value is -0.810. The molecule has 0 radical (unpaired) electrons. The molecule has 0 aromatic carbocycles. The van der Waals surface area contributed by atoms with Crippen molar-refractivity contribution < 1.29 is 9.47 Å². The summed E-state index contributed by atoms with van der Waals surface area (Å²) in [5.74, 6) is 1.52. The lowest BCUT2D eigenvalue weighted by atomic mass is 10.1. The van der Waals surface area contributed by atoms with E-state index in [4.69, 9.17) is 9.47 Å². The van der Waals surface area contributed by atoms with Crippen LogP contribution in [0.2, 0.25) is 0 Å². The monoisotopic (exact) mass is 271 g/mol. The molecule has 1 atom stereocenters. The van der Waals surface area contributed by atoms with Crippen LogP contribution < -0.4 is 10.6 Å². The molecule has 0 aliphatic carbocycles. The first-order valence-electron chi connectivity index (χ1n) is 7.54. The first-order chi connectivity index (χ1) is 9.36. The van der Waals surface area contributed by atoms with E-state index in [0.29, 0.717) is 5.92 Å². The fraction of sp³-hybridized carbons (Fsp3) is 0.929. The van der Waals surface area contributed by atoms with Gasteiger partial charge in [-0.25, -0.2) is 0 Å². The molecule has 112 valence electrons. The summed E-state index contributed by atoms with van der Waals surface area (Å²) >= 11 is 0. The van der Waals surface area contributed by atoms with Gasteiger partial charge in [0.25, 0.3) is 0 Å². The van der Waals surface area contributed by atoms with Crippen LogP contribution in [-0.2, 0) is 9.47 Å². The Balaban J connectivity index is 1.98. The maximum absolute atomic E-state index is 5.66. The average Bonchev–Trinajstić information content (AvgIpc) is 2.93. The quantitative estimate of drug-likeness (QED) is 0.378. The second kappa shape index (κ2) is 11.1. The molecule has 0 bridgehead atoms. The third-order valence-corrected chi connectivity index (χ3v) is 2.97. The molecule has 0 aromatic rings. The van der Waals surface area contributed by atoms with Crippen LogP contribution in [0, 0.1) is 5.92 Å². The molecule has 1 fully saturated rings. The van der Waals surface area contributed by atoms with Crippen molar-refractivity contribution >= 4 is 5.96 Å². The minimum atomic E-state index is 0.608. The van der Waals surface area contributed by atoms with E-state index >= 15 is 0 Å². The summed E-state index contributed by atoms with van der Waals surface area (Å²) in [6, 6.07) is 0. The molecule has 0 saturated carbocycles. The van der Waals surface area contributed by atoms with E-state index in [1.54, 1.807) is 0 Å². The Kier molecular flexibility index (Phi) is 9.45. The molecule has 0 spiro atoms. The molecular weight excluding hydrogens is 242 g/mol. The summed E-state index contributed by atoms with van der Waals surface area (Å²) < 4.78 is 11.0. The van der Waals surface area contributed by atoms with Crippen molar-refractivity contribution in [1.82, 2.24) is 10.6 Å². The van der Waals surface area contributed by atoms with E-state index in [1.807, 2.05) is 0 Å². The van der Waals surface area contributed by atoms with E-state index in [0.717, 1.165) is 71.3 Å². The molecule has 1 heterocycles. The van der Waals surface area contributed by atoms with Gasteiger partial charge in [0.2, 0.25) is 0 Å². The average molecular weight is 271 g/mol. The van der Waals surface area contributed by atoms with Gasteiger partial charge >= 0.3 is 0 Å². The van der Waals surface area contributed by atoms with Crippen molar-refractivity contribution in [2.75, 3.05) is 46.1 Å². The summed E-state index contributed by atoms with van der Waals surface area (Å²) in [5, 5.41) is 6.55. The number of hydrogen-bond acceptors (Lipinski definition) is 3. The summed E-state index contributed by atoms with van der Waals surface area (Å²) in [5.41, 5.74) is 0. The Labute approximate surface area is 117 Å². The zero-order valence-electron chi connectivity index (χ0n) is 12.4. The lowest BCUT2D eigenvalue weighted by molar-refractivity contribution is 0.0888. The number of ether oxygens (including phenoxy) is 2. The van der Waals surface area contributed by atoms with Gasteiger partial charge in [0.05, 0.1) is 13.2 Å². The van der Waals surface area contributed by atoms with Crippen molar-refractivity contribution in [3.8, 4) is 0 Å². The Morgan fingerprint density at radius 3 is 2.95 bits per heavy atom. The summed E-state index contributed by atoms with van der Waals surface area (Å²) in [7, 11) is 0. The van der Waals surface area contributed by atoms with Gasteiger partial charge in [-0.2, -0.15) is 0 Å². The van der Waals surface area contributed by atoms with Gasteiger partial charge in [0.15, 0.2) is 5.96 Å². The fourth-order valence-electron chi connectivity index (χ4n) is 1.91. The fourth-order valence-corrected chi connectivity index (χ4v) is 1.91. The van der Waals surface area contributed by atoms with E-state index < -0.39 is 0 Å². The zero-order valence-corrected chi connectivity index (χ0v) is 12.4. The third-order valence-electron chi connectivity index (χ3n) is 2.97. The van der Waals surface area contributed by atoms with E-state index in [-0.39, 0.29) is 0 Å². The highest BCUT2D eigenvalue weighted by Gasteiger charge is 2.15. The second-order valence-electron chi connectivity index (χ2n) is 4.85. The number of nitrogens with zero attached hydrogens (tertiary/aromatic N) is 1. The van der Waals surface area contributed by atoms with E-state index in [9.17, 15) is 0 Å². The molecule has 1 unspecified atom stereocenters. The molecule has 5 heteroatoms. The SMILES string of the molecule is CCCN=C(NCC)NCCCOCC1CCOC1. The van der Waals surface area contributed by atoms with Crippen molar-refractivity contribution in [2.45, 2.75) is 33.1 Å². The van der Waals surface area contributed by atoms with Crippen molar-refractivity contribution in [3.05, 3.63) is 0 Å². The van der Waals surface area contributed by atoms with Gasteiger partial charge in [-0.15, -0.1) is 0 Å². The van der Waals surface area contributed by atoms with Gasteiger partial charge in [-0.05, 0) is 26.2 Å². The second-order valence-corrected chi connectivity index (χ2v) is 4.85. The number of aliphatic imine (C=N–C) groups is 1. The molecule has 1 saturated heterocycles. The van der Waals surface area contributed by atoms with Gasteiger partial charge in [0, 0.05) is 38.8 Å². The summed E-state index contributed by atoms with van der Waals surface area (Å²) in [4.78, 5) is 4.45. The van der Waals surface area contributed by atoms with Crippen LogP contribution in [0.1, 0.15) is 33.1 Å². The smallest absolute Gasteiger partial charge is 0.191 e. The maximum atomic E-state index is 5.66. The van der Waals surface area contributed by atoms with Gasteiger partial charge < -0.3 is 20.1 Å². The van der Waals surface area contributed by atoms with Crippen LogP contribution in [0.3, 0.4) is 0 Å². The number of guanidine groups is 1. The van der Waals surface area contributed by atoms with Crippen LogP contribution in [0.5, 0.6) is 0 Å². The third kappa shape index (κ3) is 8.06. The molecule has 0 amide bonds. The van der Waals surface area contributed by atoms with Crippen LogP contribution in [0.25, 0.3) is 0 Å². The highest BCUT2D eigenvalue weighted by Crippen LogP contribution is 2.12. The number of nitrogens with one attached hydrogen (secondary N) is 2. The molecule has 5 nitrogen and oxygen atoms in total. The highest BCUT2D eigenvalue weighted by molar-refractivity contribution is 5.79. The van der Waals surface area contributed by atoms with Crippen LogP contribution >= 0.6 is 0 Å². The molecule has 19 heavy (non-hydrogen) atoms. The van der Waals surface area contributed by atoms with Crippen LogP contribution in [0.4, 0.5) is 0 Å². The molecular formula is C14H29N3O2. The van der Waals surface area contributed by atoms with Crippen molar-refractivity contribution in [1.29, 1.82) is 0 Å². The molecule has 2 N–H and O–H groups in total. The van der Waals surface area contributed by atoms with Crippen molar-refractivity contribution in [2.24, 2.45) is 10.9 Å². The number of rotatable bonds is 9. The number of hydrogen-bond donors (Lipinski definition) is 2. The minimum absolute atomic E-state index is 0.608. The predicted octanol–water partition coefficient (Wildman–Crippen LogP) is 1.39. The minimum Gasteiger partial charge on any atom is -0.381 e. The molecule has 1 rings (SSSR count). The zero-order chi connectivity index (χ0) is 13.8. The van der Waals surface area contributed by atoms with Gasteiger partial charge in [-0.1, -0.05) is 6.92 Å². The summed E-state index contributed by atoms with van der Waals surface area (Å²) in [6.07, 6.45) is 3.22. The normalized spacial score (nSPS) is 19.7. The predicted molar refractivity (Wildman–Crippen MR) is 78.6 cm³/mol. The van der Waals surface area contributed by atoms with Crippen LogP contribution in [-0.4, -0.2) is 52.0 Å². The van der Waals surface area contributed by atoms with E-state index in [1.165, 1.54) is 0 Å². The summed E-state index contributed by atoms with van der Waals surface area (Å²) in [6.45, 7) is 10.3. The van der Waals surface area contributed by atoms with E-state index in [2.05, 4.69) is 29.5 Å². The topological polar surface area (TPSA) is 54.9 Å². The lowest BCUT2D eigenvalue weighted by Crippen LogP contribution is -2.38. The van der Waals surface area contributed by atoms with Crippen LogP contribution in [0.15, 0.2) is 4.99 Å². The first kappa shape index (κ1) is 16.2. The Bertz CT molecular complexity index is 241. The first-order valence-corrected chi connectivity index (χ1v) is 7.54. The van der Waals surface area contributed by atoms with Gasteiger partial charge in [0.1, 0.15) is 0 Å². The Morgan fingerprint density at radius 1 is 1.37 bits per heavy atom. The molecule has 0 aromatic heterocycles. The lowest BCUT2D eigenvalue weighted by Gasteiger charge is -2.12. The molecule has 1 aliphatic heterocycles. The Morgan fingerprint density at radius 2 is 2.26 bits per heavy atom. The highest BCUT2D eigenvalue weighted by atomic mass is 16.5. The van der Waals surface area contributed by atoms with Gasteiger partial charge in [-0.3, -0.25) is 4.99 Å². The van der Waals surface area contributed by atoms with Crippen molar-refractivity contribution in [3.63, 3.8) is 0 Å².